The summed E-state index contributed by atoms with van der Waals surface area (Å²) in [4.78, 5) is 11.6. The number of hydrogen-bond acceptors (Lipinski definition) is 6. The molecular weight excluding hydrogens is 344 g/mol. The normalized spacial score (nSPS) is 16.3. The summed E-state index contributed by atoms with van der Waals surface area (Å²) in [6.07, 6.45) is 0.607. The minimum atomic E-state index is -0.428. The van der Waals surface area contributed by atoms with Gasteiger partial charge in [-0.3, -0.25) is 0 Å². The van der Waals surface area contributed by atoms with Crippen LogP contribution in [0.2, 0.25) is 0 Å². The van der Waals surface area contributed by atoms with Crippen molar-refractivity contribution >= 4 is 16.7 Å². The predicted molar refractivity (Wildman–Crippen MR) is 104 cm³/mol. The lowest BCUT2D eigenvalue weighted by atomic mass is 9.93. The molecule has 1 aliphatic rings. The lowest BCUT2D eigenvalue weighted by Crippen LogP contribution is -2.11. The molecule has 1 aromatic heterocycles. The van der Waals surface area contributed by atoms with Gasteiger partial charge < -0.3 is 19.7 Å². The molecule has 1 aliphatic heterocycles. The van der Waals surface area contributed by atoms with Gasteiger partial charge in [-0.1, -0.05) is 18.2 Å². The second-order valence-corrected chi connectivity index (χ2v) is 6.72. The van der Waals surface area contributed by atoms with Gasteiger partial charge in [0.1, 0.15) is 17.1 Å². The van der Waals surface area contributed by atoms with Gasteiger partial charge in [-0.15, -0.1) is 0 Å². The molecule has 0 aliphatic carbocycles. The molecule has 1 atom stereocenters. The molecule has 2 aromatic carbocycles. The molecule has 6 heteroatoms. The Labute approximate surface area is 156 Å². The highest BCUT2D eigenvalue weighted by atomic mass is 16.5. The fourth-order valence-corrected chi connectivity index (χ4v) is 3.71. The van der Waals surface area contributed by atoms with E-state index in [1.54, 1.807) is 20.1 Å². The van der Waals surface area contributed by atoms with Crippen LogP contribution >= 0.6 is 0 Å². The van der Waals surface area contributed by atoms with Crippen LogP contribution in [-0.2, 0) is 0 Å². The Kier molecular flexibility index (Phi) is 4.11. The van der Waals surface area contributed by atoms with E-state index in [-0.39, 0.29) is 11.8 Å². The Balaban J connectivity index is 1.77. The van der Waals surface area contributed by atoms with E-state index in [9.17, 15) is 9.90 Å². The molecule has 4 rings (SSSR count). The lowest BCUT2D eigenvalue weighted by Gasteiger charge is -2.15. The van der Waals surface area contributed by atoms with Crippen molar-refractivity contribution in [3.05, 3.63) is 69.1 Å². The topological polar surface area (TPSA) is 84.1 Å². The first-order valence-electron chi connectivity index (χ1n) is 8.72. The van der Waals surface area contributed by atoms with Crippen LogP contribution in [0.3, 0.4) is 0 Å². The standard InChI is InChI=1S/C21H20N2O4/c1-11-8-17-20(12(2)9-18(24)27-17)21(25)19(11)15-10-14(22-23-15)13-6-4-5-7-16(13)26-3/h4-9,14,22,25H,10H2,1-3H3/t14-/m1/s1. The highest BCUT2D eigenvalue weighted by Crippen LogP contribution is 2.37. The molecule has 0 radical (unpaired) electrons. The van der Waals surface area contributed by atoms with E-state index < -0.39 is 5.63 Å². The van der Waals surface area contributed by atoms with E-state index in [0.717, 1.165) is 22.6 Å². The van der Waals surface area contributed by atoms with E-state index >= 15 is 0 Å². The number of methoxy groups -OCH3 is 1. The number of nitrogens with zero attached hydrogens (tertiary/aromatic N) is 1. The molecule has 3 aromatic rings. The number of ether oxygens (including phenoxy) is 1. The summed E-state index contributed by atoms with van der Waals surface area (Å²) in [5, 5.41) is 15.9. The second kappa shape index (κ2) is 6.46. The van der Waals surface area contributed by atoms with Crippen molar-refractivity contribution in [2.24, 2.45) is 5.10 Å². The molecule has 6 nitrogen and oxygen atoms in total. The van der Waals surface area contributed by atoms with E-state index in [1.165, 1.54) is 6.07 Å². The maximum atomic E-state index is 11.6. The number of para-hydroxylation sites is 1. The van der Waals surface area contributed by atoms with Crippen LogP contribution < -0.4 is 15.8 Å². The van der Waals surface area contributed by atoms with Crippen molar-refractivity contribution < 1.29 is 14.3 Å². The van der Waals surface area contributed by atoms with Crippen LogP contribution in [0.4, 0.5) is 0 Å². The first kappa shape index (κ1) is 17.1. The molecule has 27 heavy (non-hydrogen) atoms. The highest BCUT2D eigenvalue weighted by Gasteiger charge is 2.27. The van der Waals surface area contributed by atoms with Crippen LogP contribution in [0, 0.1) is 13.8 Å². The minimum absolute atomic E-state index is 0.0413. The van der Waals surface area contributed by atoms with Gasteiger partial charge in [0.15, 0.2) is 0 Å². The van der Waals surface area contributed by atoms with Crippen LogP contribution in [0.15, 0.2) is 50.7 Å². The molecule has 0 bridgehead atoms. The number of phenols is 1. The van der Waals surface area contributed by atoms with E-state index in [0.29, 0.717) is 28.5 Å². The molecule has 0 unspecified atom stereocenters. The zero-order valence-electron chi connectivity index (χ0n) is 15.4. The second-order valence-electron chi connectivity index (χ2n) is 6.72. The van der Waals surface area contributed by atoms with Crippen molar-refractivity contribution in [3.63, 3.8) is 0 Å². The van der Waals surface area contributed by atoms with Crippen LogP contribution in [0.25, 0.3) is 11.0 Å². The van der Waals surface area contributed by atoms with Gasteiger partial charge in [0.25, 0.3) is 0 Å². The number of aromatic hydroxyl groups is 1. The minimum Gasteiger partial charge on any atom is -0.506 e. The third kappa shape index (κ3) is 2.83. The largest absolute Gasteiger partial charge is 0.506 e. The Morgan fingerprint density at radius 3 is 2.78 bits per heavy atom. The Hall–Kier alpha value is -3.28. The third-order valence-electron chi connectivity index (χ3n) is 4.96. The molecule has 0 spiro atoms. The first-order chi connectivity index (χ1) is 13.0. The predicted octanol–water partition coefficient (Wildman–Crippen LogP) is 3.56. The smallest absolute Gasteiger partial charge is 0.336 e. The molecule has 138 valence electrons. The van der Waals surface area contributed by atoms with Crippen molar-refractivity contribution in [1.82, 2.24) is 5.43 Å². The maximum Gasteiger partial charge on any atom is 0.336 e. The summed E-state index contributed by atoms with van der Waals surface area (Å²) in [5.74, 6) is 0.885. The van der Waals surface area contributed by atoms with Gasteiger partial charge in [0.05, 0.1) is 24.2 Å². The molecule has 2 N–H and O–H groups in total. The Morgan fingerprint density at radius 2 is 2.00 bits per heavy atom. The molecule has 0 fully saturated rings. The summed E-state index contributed by atoms with van der Waals surface area (Å²) in [5.41, 5.74) is 7.01. The van der Waals surface area contributed by atoms with E-state index in [4.69, 9.17) is 9.15 Å². The quantitative estimate of drug-likeness (QED) is 0.694. The first-order valence-corrected chi connectivity index (χ1v) is 8.72. The third-order valence-corrected chi connectivity index (χ3v) is 4.96. The van der Waals surface area contributed by atoms with Gasteiger partial charge in [0.2, 0.25) is 0 Å². The summed E-state index contributed by atoms with van der Waals surface area (Å²) < 4.78 is 10.7. The fourth-order valence-electron chi connectivity index (χ4n) is 3.71. The zero-order chi connectivity index (χ0) is 19.1. The molecule has 2 heterocycles. The van der Waals surface area contributed by atoms with Crippen molar-refractivity contribution in [3.8, 4) is 11.5 Å². The number of hydrazone groups is 1. The van der Waals surface area contributed by atoms with Gasteiger partial charge in [-0.05, 0) is 37.1 Å². The van der Waals surface area contributed by atoms with Gasteiger partial charge in [-0.25, -0.2) is 4.79 Å². The van der Waals surface area contributed by atoms with E-state index in [1.807, 2.05) is 31.2 Å². The van der Waals surface area contributed by atoms with Gasteiger partial charge in [0, 0.05) is 23.6 Å². The van der Waals surface area contributed by atoms with Crippen LogP contribution in [0.1, 0.15) is 34.7 Å². The number of nitrogens with one attached hydrogen (secondary N) is 1. The van der Waals surface area contributed by atoms with Gasteiger partial charge in [-0.2, -0.15) is 5.10 Å². The summed E-state index contributed by atoms with van der Waals surface area (Å²) in [6, 6.07) is 10.9. The summed E-state index contributed by atoms with van der Waals surface area (Å²) in [6.45, 7) is 3.65. The average molecular weight is 364 g/mol. The summed E-state index contributed by atoms with van der Waals surface area (Å²) in [7, 11) is 1.64. The number of hydrogen-bond donors (Lipinski definition) is 2. The van der Waals surface area contributed by atoms with Crippen LogP contribution in [-0.4, -0.2) is 17.9 Å². The van der Waals surface area contributed by atoms with Crippen LogP contribution in [0.5, 0.6) is 11.5 Å². The number of fused-ring (bicyclic) bond motifs is 1. The summed E-state index contributed by atoms with van der Waals surface area (Å²) >= 11 is 0. The van der Waals surface area contributed by atoms with Gasteiger partial charge >= 0.3 is 5.63 Å². The number of benzene rings is 2. The van der Waals surface area contributed by atoms with Crippen molar-refractivity contribution in [1.29, 1.82) is 0 Å². The monoisotopic (exact) mass is 364 g/mol. The molecular formula is C21H20N2O4. The molecule has 0 saturated carbocycles. The zero-order valence-corrected chi connectivity index (χ0v) is 15.4. The highest BCUT2D eigenvalue weighted by molar-refractivity contribution is 6.09. The lowest BCUT2D eigenvalue weighted by molar-refractivity contribution is 0.402. The van der Waals surface area contributed by atoms with Crippen molar-refractivity contribution in [2.75, 3.05) is 7.11 Å². The SMILES string of the molecule is COc1ccccc1[C@H]1CC(c2c(C)cc3oc(=O)cc(C)c3c2O)=NN1. The van der Waals surface area contributed by atoms with E-state index in [2.05, 4.69) is 10.5 Å². The number of phenolic OH excluding ortho intramolecular Hbond substituents is 1. The number of rotatable bonds is 3. The number of aryl methyl sites for hydroxylation is 2. The fraction of sp³-hybridized carbons (Fsp3) is 0.238. The Bertz CT molecular complexity index is 1130. The molecule has 0 amide bonds. The Morgan fingerprint density at radius 1 is 1.22 bits per heavy atom. The van der Waals surface area contributed by atoms with Crippen molar-refractivity contribution in [2.45, 2.75) is 26.3 Å². The maximum absolute atomic E-state index is 11.6. The average Bonchev–Trinajstić information content (AvgIpc) is 3.10. The molecule has 0 saturated heterocycles.